The van der Waals surface area contributed by atoms with E-state index >= 15 is 0 Å². The molecule has 11 heteroatoms. The van der Waals surface area contributed by atoms with Gasteiger partial charge in [-0.05, 0) is 6.42 Å². The molecule has 5 rings (SSSR count). The summed E-state index contributed by atoms with van der Waals surface area (Å²) < 4.78 is 39.4. The number of nitrogens with zero attached hydrogens (tertiary/aromatic N) is 5. The van der Waals surface area contributed by atoms with E-state index in [1.165, 1.54) is 7.05 Å². The lowest BCUT2D eigenvalue weighted by Gasteiger charge is -2.56. The highest BCUT2D eigenvalue weighted by molar-refractivity contribution is 7.13. The molecular formula is C14H13ClF3N5OS. The van der Waals surface area contributed by atoms with Gasteiger partial charge in [0.05, 0.1) is 24.0 Å². The summed E-state index contributed by atoms with van der Waals surface area (Å²) in [5.74, 6) is 0. The predicted octanol–water partition coefficient (Wildman–Crippen LogP) is 2.38. The zero-order valence-electron chi connectivity index (χ0n) is 13.0. The monoisotopic (exact) mass is 391 g/mol. The minimum atomic E-state index is -4.43. The summed E-state index contributed by atoms with van der Waals surface area (Å²) in [4.78, 5) is 19.6. The molecule has 3 saturated heterocycles. The number of aryl methyl sites for hydroxylation is 1. The van der Waals surface area contributed by atoms with E-state index in [1.54, 1.807) is 6.20 Å². The fourth-order valence-corrected chi connectivity index (χ4v) is 4.62. The Labute approximate surface area is 149 Å². The van der Waals surface area contributed by atoms with Gasteiger partial charge in [0.15, 0.2) is 10.8 Å². The topological polar surface area (TPSA) is 54.3 Å². The van der Waals surface area contributed by atoms with Gasteiger partial charge in [-0.25, -0.2) is 9.67 Å². The molecule has 0 aromatic carbocycles. The average molecular weight is 392 g/mol. The normalized spacial score (nSPS) is 22.9. The predicted molar refractivity (Wildman–Crippen MR) is 88.5 cm³/mol. The summed E-state index contributed by atoms with van der Waals surface area (Å²) in [6, 6.07) is 0.0946. The van der Waals surface area contributed by atoms with Crippen molar-refractivity contribution >= 4 is 33.8 Å². The van der Waals surface area contributed by atoms with Crippen LogP contribution in [0.3, 0.4) is 0 Å². The average Bonchev–Trinajstić information content (AvgIpc) is 3.02. The zero-order valence-corrected chi connectivity index (χ0v) is 14.6. The van der Waals surface area contributed by atoms with Crippen LogP contribution in [-0.4, -0.2) is 39.9 Å². The van der Waals surface area contributed by atoms with Crippen molar-refractivity contribution in [2.75, 3.05) is 22.9 Å². The standard InChI is InChI=1S/C14H13ClF3N5OS/c1-21-12(24)11(15)9(3-19-21)22-4-7-2-8(5-22)23(7)13-20-10(6-25-13)14(16,17)18/h3,6-8H,2,4-5H2,1H3. The molecule has 0 saturated carbocycles. The van der Waals surface area contributed by atoms with E-state index in [-0.39, 0.29) is 22.7 Å². The third-order valence-electron chi connectivity index (χ3n) is 4.60. The molecule has 3 aliphatic rings. The zero-order chi connectivity index (χ0) is 17.9. The maximum Gasteiger partial charge on any atom is 0.434 e. The molecule has 2 unspecified atom stereocenters. The Hall–Kier alpha value is -1.81. The minimum absolute atomic E-state index is 0.0473. The second-order valence-electron chi connectivity index (χ2n) is 6.14. The van der Waals surface area contributed by atoms with Crippen LogP contribution < -0.4 is 15.4 Å². The van der Waals surface area contributed by atoms with E-state index in [0.29, 0.717) is 23.9 Å². The van der Waals surface area contributed by atoms with Crippen molar-refractivity contribution in [2.45, 2.75) is 24.7 Å². The molecule has 6 nitrogen and oxygen atoms in total. The molecule has 3 fully saturated rings. The van der Waals surface area contributed by atoms with Gasteiger partial charge in [0.1, 0.15) is 5.02 Å². The second kappa shape index (κ2) is 5.60. The number of anilines is 2. The number of thiazole rings is 1. The van der Waals surface area contributed by atoms with Crippen LogP contribution in [0.25, 0.3) is 0 Å². The highest BCUT2D eigenvalue weighted by Crippen LogP contribution is 2.42. The first kappa shape index (κ1) is 16.6. The molecule has 0 amide bonds. The molecule has 0 radical (unpaired) electrons. The maximum atomic E-state index is 12.7. The lowest BCUT2D eigenvalue weighted by Crippen LogP contribution is -2.69. The number of hydrogen-bond acceptors (Lipinski definition) is 6. The first-order valence-electron chi connectivity index (χ1n) is 7.53. The number of piperazine rings is 1. The lowest BCUT2D eigenvalue weighted by atomic mass is 9.88. The quantitative estimate of drug-likeness (QED) is 0.786. The summed E-state index contributed by atoms with van der Waals surface area (Å²) in [5, 5.41) is 5.54. The van der Waals surface area contributed by atoms with Crippen molar-refractivity contribution in [1.29, 1.82) is 0 Å². The van der Waals surface area contributed by atoms with E-state index in [1.807, 2.05) is 9.80 Å². The Morgan fingerprint density at radius 3 is 2.60 bits per heavy atom. The van der Waals surface area contributed by atoms with E-state index in [9.17, 15) is 18.0 Å². The molecule has 134 valence electrons. The Bertz CT molecular complexity index is 870. The number of aromatic nitrogens is 3. The van der Waals surface area contributed by atoms with Crippen LogP contribution in [0.4, 0.5) is 24.0 Å². The van der Waals surface area contributed by atoms with E-state index < -0.39 is 11.9 Å². The van der Waals surface area contributed by atoms with Gasteiger partial charge < -0.3 is 9.80 Å². The maximum absolute atomic E-state index is 12.7. The van der Waals surface area contributed by atoms with Crippen LogP contribution in [0, 0.1) is 0 Å². The third kappa shape index (κ3) is 2.67. The summed E-state index contributed by atoms with van der Waals surface area (Å²) in [5.41, 5.74) is -0.660. The van der Waals surface area contributed by atoms with Crippen molar-refractivity contribution in [3.8, 4) is 0 Å². The second-order valence-corrected chi connectivity index (χ2v) is 7.36. The molecule has 0 spiro atoms. The molecular weight excluding hydrogens is 379 g/mol. The summed E-state index contributed by atoms with van der Waals surface area (Å²) in [6.45, 7) is 1.12. The van der Waals surface area contributed by atoms with Gasteiger partial charge in [0, 0.05) is 25.5 Å². The summed E-state index contributed by atoms with van der Waals surface area (Å²) in [7, 11) is 1.52. The number of fused-ring (bicyclic) bond motifs is 2. The Morgan fingerprint density at radius 1 is 1.32 bits per heavy atom. The first-order chi connectivity index (χ1) is 11.8. The van der Waals surface area contributed by atoms with Crippen molar-refractivity contribution in [3.63, 3.8) is 0 Å². The van der Waals surface area contributed by atoms with Gasteiger partial charge in [-0.2, -0.15) is 18.3 Å². The largest absolute Gasteiger partial charge is 0.434 e. The van der Waals surface area contributed by atoms with E-state index in [0.717, 1.165) is 27.8 Å². The number of hydrogen-bond donors (Lipinski definition) is 0. The molecule has 2 atom stereocenters. The van der Waals surface area contributed by atoms with Crippen LogP contribution >= 0.6 is 22.9 Å². The highest BCUT2D eigenvalue weighted by Gasteiger charge is 2.47. The van der Waals surface area contributed by atoms with Crippen molar-refractivity contribution in [3.05, 3.63) is 32.6 Å². The van der Waals surface area contributed by atoms with Crippen LogP contribution in [0.2, 0.25) is 5.02 Å². The summed E-state index contributed by atoms with van der Waals surface area (Å²) >= 11 is 7.14. The molecule has 2 aromatic rings. The summed E-state index contributed by atoms with van der Waals surface area (Å²) in [6.07, 6.45) is -2.00. The Morgan fingerprint density at radius 2 is 2.00 bits per heavy atom. The van der Waals surface area contributed by atoms with E-state index in [4.69, 9.17) is 11.6 Å². The molecule has 3 aliphatic heterocycles. The van der Waals surface area contributed by atoms with Crippen molar-refractivity contribution < 1.29 is 13.2 Å². The lowest BCUT2D eigenvalue weighted by molar-refractivity contribution is -0.140. The first-order valence-corrected chi connectivity index (χ1v) is 8.79. The SMILES string of the molecule is Cn1ncc(N2CC3CC(C2)N3c2nc(C(F)(F)F)cs2)c(Cl)c1=O. The van der Waals surface area contributed by atoms with Crippen LogP contribution in [0.5, 0.6) is 0 Å². The third-order valence-corrected chi connectivity index (χ3v) is 5.81. The fraction of sp³-hybridized carbons (Fsp3) is 0.500. The molecule has 5 heterocycles. The number of rotatable bonds is 2. The van der Waals surface area contributed by atoms with E-state index in [2.05, 4.69) is 10.1 Å². The molecule has 0 N–H and O–H groups in total. The van der Waals surface area contributed by atoms with Gasteiger partial charge in [0.25, 0.3) is 5.56 Å². The molecule has 0 aliphatic carbocycles. The van der Waals surface area contributed by atoms with Gasteiger partial charge in [-0.3, -0.25) is 4.79 Å². The van der Waals surface area contributed by atoms with Crippen LogP contribution in [-0.2, 0) is 13.2 Å². The Balaban J connectivity index is 1.54. The van der Waals surface area contributed by atoms with Gasteiger partial charge >= 0.3 is 6.18 Å². The van der Waals surface area contributed by atoms with Crippen LogP contribution in [0.15, 0.2) is 16.4 Å². The van der Waals surface area contributed by atoms with Crippen LogP contribution in [0.1, 0.15) is 12.1 Å². The fourth-order valence-electron chi connectivity index (χ4n) is 3.35. The minimum Gasteiger partial charge on any atom is -0.365 e. The smallest absolute Gasteiger partial charge is 0.365 e. The Kier molecular flexibility index (Phi) is 3.73. The molecule has 2 bridgehead atoms. The molecule has 25 heavy (non-hydrogen) atoms. The van der Waals surface area contributed by atoms with Crippen molar-refractivity contribution in [1.82, 2.24) is 14.8 Å². The van der Waals surface area contributed by atoms with Gasteiger partial charge in [-0.15, -0.1) is 11.3 Å². The number of halogens is 4. The number of alkyl halides is 3. The molecule has 2 aromatic heterocycles. The van der Waals surface area contributed by atoms with Crippen molar-refractivity contribution in [2.24, 2.45) is 7.05 Å². The highest BCUT2D eigenvalue weighted by atomic mass is 35.5. The van der Waals surface area contributed by atoms with Gasteiger partial charge in [-0.1, -0.05) is 11.6 Å². The van der Waals surface area contributed by atoms with Gasteiger partial charge in [0.2, 0.25) is 0 Å². The number of piperidine rings is 1.